The molecule has 2 nitrogen and oxygen atoms in total. The summed E-state index contributed by atoms with van der Waals surface area (Å²) in [6.07, 6.45) is 2.98. The lowest BCUT2D eigenvalue weighted by atomic mass is 10.3. The number of anilines is 1. The molecule has 1 aromatic rings. The van der Waals surface area contributed by atoms with Crippen LogP contribution in [0.3, 0.4) is 0 Å². The average Bonchev–Trinajstić information content (AvgIpc) is 2.47. The van der Waals surface area contributed by atoms with Gasteiger partial charge in [0.05, 0.1) is 11.4 Å². The molecule has 0 radical (unpaired) electrons. The lowest BCUT2D eigenvalue weighted by Gasteiger charge is -2.23. The van der Waals surface area contributed by atoms with Gasteiger partial charge in [0.25, 0.3) is 0 Å². The van der Waals surface area contributed by atoms with Crippen LogP contribution in [0.4, 0.5) is 5.69 Å². The highest BCUT2D eigenvalue weighted by molar-refractivity contribution is 5.55. The maximum absolute atomic E-state index is 4.35. The molecule has 0 N–H and O–H groups in total. The molecule has 0 spiro atoms. The van der Waals surface area contributed by atoms with Crippen LogP contribution in [-0.2, 0) is 6.42 Å². The van der Waals surface area contributed by atoms with E-state index in [0.717, 1.165) is 13.0 Å². The molecule has 0 aromatic carbocycles. The fraction of sp³-hybridized carbons (Fsp3) is 0.500. The predicted octanol–water partition coefficient (Wildman–Crippen LogP) is 1.85. The van der Waals surface area contributed by atoms with Crippen molar-refractivity contribution in [2.45, 2.75) is 26.3 Å². The smallest absolute Gasteiger partial charge is 0.0654 e. The standard InChI is InChI=1S/C10H14N2/c1-8(2)12-7-5-9-10(12)4-3-6-11-9/h3-4,6,8H,5,7H2,1-2H3. The fourth-order valence-electron chi connectivity index (χ4n) is 1.77. The SMILES string of the molecule is CC(C)N1CCc2ncccc21. The minimum absolute atomic E-state index is 0.593. The third-order valence-electron chi connectivity index (χ3n) is 2.39. The number of hydrogen-bond donors (Lipinski definition) is 0. The van der Waals surface area contributed by atoms with Crippen LogP contribution in [0.1, 0.15) is 19.5 Å². The number of pyridine rings is 1. The summed E-state index contributed by atoms with van der Waals surface area (Å²) in [5.41, 5.74) is 2.58. The predicted molar refractivity (Wildman–Crippen MR) is 50.4 cm³/mol. The van der Waals surface area contributed by atoms with Gasteiger partial charge in [-0.2, -0.15) is 0 Å². The summed E-state index contributed by atoms with van der Waals surface area (Å²) in [4.78, 5) is 6.76. The Morgan fingerprint density at radius 2 is 2.33 bits per heavy atom. The van der Waals surface area contributed by atoms with Crippen molar-refractivity contribution in [3.05, 3.63) is 24.0 Å². The molecule has 2 heterocycles. The van der Waals surface area contributed by atoms with Crippen molar-refractivity contribution >= 4 is 5.69 Å². The molecule has 0 saturated heterocycles. The Morgan fingerprint density at radius 3 is 3.08 bits per heavy atom. The Bertz CT molecular complexity index is 281. The van der Waals surface area contributed by atoms with Crippen LogP contribution in [0, 0.1) is 0 Å². The zero-order valence-corrected chi connectivity index (χ0v) is 7.62. The summed E-state index contributed by atoms with van der Waals surface area (Å²) in [6.45, 7) is 5.58. The minimum atomic E-state index is 0.593. The quantitative estimate of drug-likeness (QED) is 0.626. The molecule has 12 heavy (non-hydrogen) atoms. The van der Waals surface area contributed by atoms with Crippen LogP contribution in [0.2, 0.25) is 0 Å². The average molecular weight is 162 g/mol. The van der Waals surface area contributed by atoms with Crippen molar-refractivity contribution in [3.8, 4) is 0 Å². The summed E-state index contributed by atoms with van der Waals surface area (Å²) in [5.74, 6) is 0. The van der Waals surface area contributed by atoms with E-state index >= 15 is 0 Å². The molecular weight excluding hydrogens is 148 g/mol. The highest BCUT2D eigenvalue weighted by Gasteiger charge is 2.20. The Hall–Kier alpha value is -1.05. The first kappa shape index (κ1) is 7.59. The Morgan fingerprint density at radius 1 is 1.50 bits per heavy atom. The molecule has 64 valence electrons. The lowest BCUT2D eigenvalue weighted by molar-refractivity contribution is 0.710. The molecule has 0 bridgehead atoms. The Balaban J connectivity index is 2.36. The van der Waals surface area contributed by atoms with Crippen molar-refractivity contribution in [1.29, 1.82) is 0 Å². The van der Waals surface area contributed by atoms with Gasteiger partial charge in [-0.3, -0.25) is 4.98 Å². The van der Waals surface area contributed by atoms with Gasteiger partial charge in [-0.05, 0) is 26.0 Å². The molecule has 1 aliphatic rings. The molecule has 1 aliphatic heterocycles. The van der Waals surface area contributed by atoms with E-state index in [-0.39, 0.29) is 0 Å². The van der Waals surface area contributed by atoms with Crippen molar-refractivity contribution < 1.29 is 0 Å². The maximum Gasteiger partial charge on any atom is 0.0654 e. The molecule has 1 aromatic heterocycles. The van der Waals surface area contributed by atoms with Crippen molar-refractivity contribution in [2.75, 3.05) is 11.4 Å². The molecule has 0 aliphatic carbocycles. The largest absolute Gasteiger partial charge is 0.367 e. The van der Waals surface area contributed by atoms with Gasteiger partial charge in [0.15, 0.2) is 0 Å². The van der Waals surface area contributed by atoms with Crippen molar-refractivity contribution in [2.24, 2.45) is 0 Å². The van der Waals surface area contributed by atoms with Gasteiger partial charge >= 0.3 is 0 Å². The van der Waals surface area contributed by atoms with E-state index in [0.29, 0.717) is 6.04 Å². The van der Waals surface area contributed by atoms with Gasteiger partial charge < -0.3 is 4.90 Å². The highest BCUT2D eigenvalue weighted by Crippen LogP contribution is 2.26. The van der Waals surface area contributed by atoms with E-state index in [1.165, 1.54) is 11.4 Å². The second kappa shape index (κ2) is 2.77. The molecule has 0 unspecified atom stereocenters. The maximum atomic E-state index is 4.35. The first-order valence-electron chi connectivity index (χ1n) is 4.49. The zero-order valence-electron chi connectivity index (χ0n) is 7.62. The minimum Gasteiger partial charge on any atom is -0.367 e. The Labute approximate surface area is 73.2 Å². The highest BCUT2D eigenvalue weighted by atomic mass is 15.2. The van der Waals surface area contributed by atoms with E-state index in [2.05, 4.69) is 29.8 Å². The molecule has 0 amide bonds. The van der Waals surface area contributed by atoms with E-state index < -0.39 is 0 Å². The number of hydrogen-bond acceptors (Lipinski definition) is 2. The second-order valence-corrected chi connectivity index (χ2v) is 3.51. The van der Waals surface area contributed by atoms with E-state index in [1.807, 2.05) is 12.3 Å². The van der Waals surface area contributed by atoms with Gasteiger partial charge in [0.1, 0.15) is 0 Å². The van der Waals surface area contributed by atoms with Crippen LogP contribution >= 0.6 is 0 Å². The van der Waals surface area contributed by atoms with E-state index in [9.17, 15) is 0 Å². The van der Waals surface area contributed by atoms with Crippen LogP contribution in [-0.4, -0.2) is 17.6 Å². The lowest BCUT2D eigenvalue weighted by Crippen LogP contribution is -2.28. The zero-order chi connectivity index (χ0) is 8.55. The summed E-state index contributed by atoms with van der Waals surface area (Å²) >= 11 is 0. The first-order valence-corrected chi connectivity index (χ1v) is 4.49. The first-order chi connectivity index (χ1) is 5.79. The molecule has 0 atom stereocenters. The number of fused-ring (bicyclic) bond motifs is 1. The number of aromatic nitrogens is 1. The monoisotopic (exact) mass is 162 g/mol. The Kier molecular flexibility index (Phi) is 1.75. The number of rotatable bonds is 1. The van der Waals surface area contributed by atoms with Crippen molar-refractivity contribution in [3.63, 3.8) is 0 Å². The number of nitrogens with zero attached hydrogens (tertiary/aromatic N) is 2. The third kappa shape index (κ3) is 1.07. The van der Waals surface area contributed by atoms with E-state index in [1.54, 1.807) is 0 Å². The normalized spacial score (nSPS) is 15.4. The van der Waals surface area contributed by atoms with Crippen molar-refractivity contribution in [1.82, 2.24) is 4.98 Å². The van der Waals surface area contributed by atoms with Gasteiger partial charge in [0, 0.05) is 25.2 Å². The fourth-order valence-corrected chi connectivity index (χ4v) is 1.77. The van der Waals surface area contributed by atoms with Crippen LogP contribution in [0.25, 0.3) is 0 Å². The van der Waals surface area contributed by atoms with Gasteiger partial charge in [0.2, 0.25) is 0 Å². The molecule has 2 rings (SSSR count). The van der Waals surface area contributed by atoms with Crippen LogP contribution in [0.5, 0.6) is 0 Å². The van der Waals surface area contributed by atoms with Crippen LogP contribution < -0.4 is 4.90 Å². The van der Waals surface area contributed by atoms with Crippen LogP contribution in [0.15, 0.2) is 18.3 Å². The summed E-state index contributed by atoms with van der Waals surface area (Å²) < 4.78 is 0. The summed E-state index contributed by atoms with van der Waals surface area (Å²) in [6, 6.07) is 4.77. The molecule has 2 heteroatoms. The van der Waals surface area contributed by atoms with Gasteiger partial charge in [-0.25, -0.2) is 0 Å². The van der Waals surface area contributed by atoms with E-state index in [4.69, 9.17) is 0 Å². The third-order valence-corrected chi connectivity index (χ3v) is 2.39. The summed E-state index contributed by atoms with van der Waals surface area (Å²) in [5, 5.41) is 0. The second-order valence-electron chi connectivity index (χ2n) is 3.51. The van der Waals surface area contributed by atoms with Gasteiger partial charge in [-0.1, -0.05) is 0 Å². The summed E-state index contributed by atoms with van der Waals surface area (Å²) in [7, 11) is 0. The molecular formula is C10H14N2. The molecule has 0 saturated carbocycles. The van der Waals surface area contributed by atoms with Gasteiger partial charge in [-0.15, -0.1) is 0 Å². The molecule has 0 fully saturated rings. The topological polar surface area (TPSA) is 16.1 Å².